The summed E-state index contributed by atoms with van der Waals surface area (Å²) in [7, 11) is 3.17. The van der Waals surface area contributed by atoms with E-state index in [0.29, 0.717) is 56.1 Å². The first-order chi connectivity index (χ1) is 51.1. The largest absolute Gasteiger partial charge is 0.507 e. The topological polar surface area (TPSA) is 489 Å². The maximum atomic E-state index is 15.9. The number of benzene rings is 4. The molecule has 2 saturated heterocycles. The Morgan fingerprint density at radius 1 is 0.617 bits per heavy atom. The minimum absolute atomic E-state index is 0.0115. The first-order valence-electron chi connectivity index (χ1n) is 35.5. The van der Waals surface area contributed by atoms with Crippen molar-refractivity contribution >= 4 is 126 Å². The number of para-hydroxylation sites is 1. The summed E-state index contributed by atoms with van der Waals surface area (Å²) in [6.07, 6.45) is -1.36. The number of aromatic amines is 1. The average molecular weight is 1630 g/mol. The molecule has 31 nitrogen and oxygen atoms in total. The molecule has 34 heteroatoms. The van der Waals surface area contributed by atoms with Crippen molar-refractivity contribution in [1.29, 1.82) is 0 Å². The number of aliphatic hydroxyl groups excluding tert-OH is 2. The number of carbonyl (C=O) groups excluding carboxylic acids is 11. The molecular formula is C73H98IN15O16S2. The van der Waals surface area contributed by atoms with Gasteiger partial charge in [-0.25, -0.2) is 4.79 Å². The van der Waals surface area contributed by atoms with Crippen LogP contribution in [0.2, 0.25) is 0 Å². The number of amides is 11. The molecule has 2 fully saturated rings. The van der Waals surface area contributed by atoms with Crippen molar-refractivity contribution < 1.29 is 78.0 Å². The maximum absolute atomic E-state index is 15.9. The molecule has 2 aliphatic rings. The van der Waals surface area contributed by atoms with Crippen LogP contribution in [0.15, 0.2) is 103 Å². The number of aliphatic carboxylic acids is 1. The predicted octanol–water partition coefficient (Wildman–Crippen LogP) is -0.174. The van der Waals surface area contributed by atoms with Crippen LogP contribution in [0.25, 0.3) is 10.9 Å². The number of carbonyl (C=O) groups is 12. The van der Waals surface area contributed by atoms with Gasteiger partial charge in [0.05, 0.1) is 22.3 Å². The van der Waals surface area contributed by atoms with Crippen molar-refractivity contribution in [3.63, 3.8) is 0 Å². The normalized spacial score (nSPS) is 24.4. The number of hydrogen-bond donors (Lipinski definition) is 18. The molecular weight excluding hydrogens is 1530 g/mol. The highest BCUT2D eigenvalue weighted by Gasteiger charge is 2.40. The molecule has 3 heterocycles. The number of H-pyrrole nitrogens is 1. The number of rotatable bonds is 18. The lowest BCUT2D eigenvalue weighted by Gasteiger charge is -2.33. The number of aromatic nitrogens is 1. The lowest BCUT2D eigenvalue weighted by atomic mass is 9.98. The third-order valence-electron chi connectivity index (χ3n) is 18.1. The zero-order chi connectivity index (χ0) is 77.9. The number of nitrogens with two attached hydrogens (primary N) is 2. The van der Waals surface area contributed by atoms with Crippen LogP contribution in [0.3, 0.4) is 0 Å². The van der Waals surface area contributed by atoms with Crippen LogP contribution in [0, 0.1) is 3.57 Å². The highest BCUT2D eigenvalue weighted by atomic mass is 127. The highest BCUT2D eigenvalue weighted by Crippen LogP contribution is 2.26. The summed E-state index contributed by atoms with van der Waals surface area (Å²) in [5, 5.41) is 73.3. The van der Waals surface area contributed by atoms with Crippen molar-refractivity contribution in [2.24, 2.45) is 11.5 Å². The molecule has 1 aromatic heterocycles. The van der Waals surface area contributed by atoms with E-state index in [9.17, 15) is 54.0 Å². The lowest BCUT2D eigenvalue weighted by molar-refractivity contribution is -0.143. The fourth-order valence-corrected chi connectivity index (χ4v) is 14.8. The van der Waals surface area contributed by atoms with E-state index < -0.39 is 163 Å². The number of likely N-dealkylation sites (N-methyl/N-ethyl adjacent to an activating group) is 1. The van der Waals surface area contributed by atoms with Crippen LogP contribution >= 0.6 is 44.2 Å². The van der Waals surface area contributed by atoms with Gasteiger partial charge in [0.15, 0.2) is 0 Å². The summed E-state index contributed by atoms with van der Waals surface area (Å²) >= 11 is 1.86. The van der Waals surface area contributed by atoms with Crippen LogP contribution < -0.4 is 70.0 Å². The Bertz CT molecular complexity index is 3890. The molecule has 12 atom stereocenters. The Hall–Kier alpha value is -8.91. The molecule has 2 bridgehead atoms. The molecule has 4 aromatic carbocycles. The Morgan fingerprint density at radius 2 is 1.20 bits per heavy atom. The molecule has 0 aliphatic carbocycles. The van der Waals surface area contributed by atoms with Gasteiger partial charge >= 0.3 is 5.97 Å². The summed E-state index contributed by atoms with van der Waals surface area (Å²) in [6.45, 7) is 4.71. The second-order valence-electron chi connectivity index (χ2n) is 26.8. The van der Waals surface area contributed by atoms with Gasteiger partial charge in [-0.2, -0.15) is 0 Å². The smallest absolute Gasteiger partial charge is 0.327 e. The number of fused-ring (bicyclic) bond motifs is 10. The first-order valence-corrected chi connectivity index (χ1v) is 39.1. The monoisotopic (exact) mass is 1630 g/mol. The standard InChI is InChI=1S/C73H98IN15O16S2/c1-40(2)78-35-44-22-20-43(21-23-44)33-59-70(101)88-62(41(3)91)71(102)84-55(32-45-24-26-60(92)48(74)30-45)68(99)81-52-19-11-13-29-77-61(93)27-25-53(66(97)85-56(72(103)89(59)4)34-46-36-79-50-17-9-8-16-47(46)50)82-67(98)54(31-42-14-6-5-7-15-42)83-64(95)51(18-10-12-28-75)80-63(94)49(76)38-106-107-39-58(73(104)105)87-69(100)57(37-90)86-65(52)96/h5-9,14-17,20-24,26,30,36,40-41,49,51-59,62,78-79,90-92H,10-13,18-19,25,27-29,31-35,37-39,75-76H2,1-4H3,(H,77,93)(H,80,94)(H,81,99)(H,82,98)(H,83,95)(H,84,102)(H,85,97)(H,86,96)(H,87,100)(H,88,101)(H,104,105)/t41-,49+,51+,52+,53+,54+,55+,56-,57+,58+,59+,62+/m1/s1. The van der Waals surface area contributed by atoms with Crippen molar-refractivity contribution in [2.75, 3.05) is 38.2 Å². The Morgan fingerprint density at radius 3 is 1.85 bits per heavy atom. The quantitative estimate of drug-likeness (QED) is 0.0307. The second kappa shape index (κ2) is 42.6. The zero-order valence-corrected chi connectivity index (χ0v) is 63.8. The number of nitrogens with zero attached hydrogens (tertiary/aromatic N) is 1. The number of hydrogen-bond acceptors (Lipinski definition) is 20. The van der Waals surface area contributed by atoms with Crippen LogP contribution in [0.4, 0.5) is 0 Å². The van der Waals surface area contributed by atoms with Gasteiger partial charge in [0.2, 0.25) is 65.0 Å². The molecule has 0 saturated carbocycles. The molecule has 20 N–H and O–H groups in total. The van der Waals surface area contributed by atoms with E-state index in [2.05, 4.69) is 63.5 Å². The fraction of sp³-hybridized carbons (Fsp3) is 0.479. The third-order valence-corrected chi connectivity index (χ3v) is 21.5. The lowest BCUT2D eigenvalue weighted by Crippen LogP contribution is -2.63. The van der Waals surface area contributed by atoms with Gasteiger partial charge < -0.3 is 100 Å². The van der Waals surface area contributed by atoms with E-state index in [4.69, 9.17) is 11.5 Å². The molecule has 0 unspecified atom stereocenters. The summed E-state index contributed by atoms with van der Waals surface area (Å²) in [5.41, 5.74) is 15.7. The second-order valence-corrected chi connectivity index (χ2v) is 30.6. The number of aliphatic hydroxyl groups is 2. The molecule has 5 aromatic rings. The van der Waals surface area contributed by atoms with Gasteiger partial charge in [0.1, 0.15) is 66.2 Å². The predicted molar refractivity (Wildman–Crippen MR) is 411 cm³/mol. The summed E-state index contributed by atoms with van der Waals surface area (Å²) < 4.78 is 0.346. The Labute approximate surface area is 641 Å². The highest BCUT2D eigenvalue weighted by molar-refractivity contribution is 14.1. The molecule has 0 radical (unpaired) electrons. The van der Waals surface area contributed by atoms with Gasteiger partial charge in [0, 0.05) is 86.9 Å². The van der Waals surface area contributed by atoms with Crippen LogP contribution in [-0.2, 0) is 89.8 Å². The molecule has 107 heavy (non-hydrogen) atoms. The maximum Gasteiger partial charge on any atom is 0.327 e. The fourth-order valence-electron chi connectivity index (χ4n) is 11.9. The van der Waals surface area contributed by atoms with Gasteiger partial charge in [-0.05, 0) is 127 Å². The van der Waals surface area contributed by atoms with Crippen molar-refractivity contribution in [2.45, 2.75) is 183 Å². The molecule has 0 spiro atoms. The van der Waals surface area contributed by atoms with E-state index >= 15 is 24.0 Å². The van der Waals surface area contributed by atoms with E-state index in [1.54, 1.807) is 72.9 Å². The van der Waals surface area contributed by atoms with Gasteiger partial charge in [-0.1, -0.05) is 114 Å². The summed E-state index contributed by atoms with van der Waals surface area (Å²) in [6, 6.07) is 9.67. The molecule has 11 amide bonds. The number of phenols is 1. The van der Waals surface area contributed by atoms with Gasteiger partial charge in [-0.3, -0.25) is 52.7 Å². The van der Waals surface area contributed by atoms with Crippen LogP contribution in [0.5, 0.6) is 5.75 Å². The number of unbranched alkanes of at least 4 members (excludes halogenated alkanes) is 1. The first kappa shape index (κ1) is 85.3. The van der Waals surface area contributed by atoms with Gasteiger partial charge in [-0.15, -0.1) is 0 Å². The van der Waals surface area contributed by atoms with Crippen molar-refractivity contribution in [1.82, 2.24) is 68.4 Å². The SMILES string of the molecule is CC(C)NCc1ccc(C[C@H]2C(=O)N[C@@H]([C@@H](C)O)C(=O)N[C@@H](Cc3ccc(O)c(I)c3)C(=O)N[C@H]3CCCCNC(=O)CC[C@H](NC(=O)[C@H](Cc4ccccc4)NC(=O)[C@H](CCCCN)NC(=O)[C@@H](N)CSSC[C@@H](C(=O)O)NC(=O)[C@H](CO)NC3=O)C(=O)N[C@H](Cc3c[nH]c4ccccc34)C(=O)N2C)cc1. The molecule has 2 aliphatic heterocycles. The van der Waals surface area contributed by atoms with Crippen molar-refractivity contribution in [3.8, 4) is 5.75 Å². The summed E-state index contributed by atoms with van der Waals surface area (Å²) in [4.78, 5) is 180. The van der Waals surface area contributed by atoms with Crippen LogP contribution in [-0.4, -0.2) is 218 Å². The molecule has 7 rings (SSSR count). The molecule has 580 valence electrons. The number of phenolic OH excluding ortho intramolecular Hbond substituents is 1. The van der Waals surface area contributed by atoms with E-state index in [0.717, 1.165) is 32.1 Å². The van der Waals surface area contributed by atoms with E-state index in [1.165, 1.54) is 32.2 Å². The Kier molecular flexibility index (Phi) is 34.0. The zero-order valence-electron chi connectivity index (χ0n) is 60.0. The number of aromatic hydroxyl groups is 1. The third kappa shape index (κ3) is 26.5. The summed E-state index contributed by atoms with van der Waals surface area (Å²) in [5.74, 6) is -12.6. The number of halogens is 1. The average Bonchev–Trinajstić information content (AvgIpc) is 1.39. The number of nitrogens with one attached hydrogen (secondary N) is 12. The number of carboxylic acid groups (broad SMARTS) is 1. The van der Waals surface area contributed by atoms with E-state index in [1.807, 2.05) is 48.6 Å². The number of carboxylic acids is 1. The van der Waals surface area contributed by atoms with Crippen LogP contribution in [0.1, 0.15) is 100.0 Å². The van der Waals surface area contributed by atoms with Crippen molar-refractivity contribution in [3.05, 3.63) is 135 Å². The van der Waals surface area contributed by atoms with Gasteiger partial charge in [0.25, 0.3) is 0 Å². The Balaban J connectivity index is 1.38. The minimum atomic E-state index is -1.89. The minimum Gasteiger partial charge on any atom is -0.507 e. The van der Waals surface area contributed by atoms with E-state index in [-0.39, 0.29) is 87.8 Å².